The molecule has 14 heteroatoms. The van der Waals surface area contributed by atoms with Crippen LogP contribution in [0.2, 0.25) is 10.0 Å². The number of hydrogen-bond donors (Lipinski definition) is 4. The van der Waals surface area contributed by atoms with E-state index in [1.165, 1.54) is 0 Å². The molecule has 0 radical (unpaired) electrons. The molecular weight excluding hydrogens is 681 g/mol. The van der Waals surface area contributed by atoms with E-state index in [4.69, 9.17) is 23.2 Å². The summed E-state index contributed by atoms with van der Waals surface area (Å²) < 4.78 is 1.85. The number of aliphatic hydroxyl groups excluding tert-OH is 1. The number of aliphatic carboxylic acids is 1. The van der Waals surface area contributed by atoms with Crippen LogP contribution in [0.5, 0.6) is 0 Å². The fraction of sp³-hybridized carbons (Fsp3) is 0.361. The number of benzene rings is 2. The second-order valence-electron chi connectivity index (χ2n) is 13.1. The highest BCUT2D eigenvalue weighted by atomic mass is 35.5. The van der Waals surface area contributed by atoms with E-state index in [0.29, 0.717) is 61.6 Å². The van der Waals surface area contributed by atoms with Crippen LogP contribution in [-0.4, -0.2) is 84.8 Å². The molecule has 2 aromatic heterocycles. The number of nitrogens with zero attached hydrogens (tertiary/aromatic N) is 5. The number of carboxylic acid groups (broad SMARTS) is 1. The standard InChI is InChI=1S/C36H37Cl2N7O5/c37-32-24(4-1-6-26(32)40-34(47)28-10-9-21(17-39-28)18-43-14-12-23(46)20-43)25-5-2-7-27(33(25)38)41-35(48)29-16-31-30(8-3-13-45(31)42-29)44-15-11-22(19-44)36(49)50/h1-2,4-7,9-10,16-17,22-23,30,46H,3,8,11-15,18-20H2,(H,40,47)(H,41,48)(H,49,50)/t22-,23-,30?/m1/s1. The third kappa shape index (κ3) is 7.12. The second-order valence-corrected chi connectivity index (χ2v) is 13.9. The first-order valence-electron chi connectivity index (χ1n) is 16.7. The Balaban J connectivity index is 1.04. The molecule has 5 heterocycles. The number of rotatable bonds is 9. The van der Waals surface area contributed by atoms with Gasteiger partial charge < -0.3 is 20.8 Å². The summed E-state index contributed by atoms with van der Waals surface area (Å²) in [6.45, 7) is 3.96. The van der Waals surface area contributed by atoms with Gasteiger partial charge in [-0.25, -0.2) is 0 Å². The number of hydrogen-bond acceptors (Lipinski definition) is 8. The van der Waals surface area contributed by atoms with E-state index in [0.717, 1.165) is 37.1 Å². The van der Waals surface area contributed by atoms with Gasteiger partial charge in [-0.1, -0.05) is 53.5 Å². The van der Waals surface area contributed by atoms with Crippen molar-refractivity contribution in [1.82, 2.24) is 24.6 Å². The first kappa shape index (κ1) is 34.1. The van der Waals surface area contributed by atoms with Gasteiger partial charge in [-0.3, -0.25) is 33.8 Å². The average molecular weight is 719 g/mol. The number of likely N-dealkylation sites (tertiary alicyclic amines) is 2. The van der Waals surface area contributed by atoms with Gasteiger partial charge in [-0.05, 0) is 62.1 Å². The highest BCUT2D eigenvalue weighted by molar-refractivity contribution is 6.40. The Bertz CT molecular complexity index is 1930. The van der Waals surface area contributed by atoms with Crippen LogP contribution in [0, 0.1) is 5.92 Å². The monoisotopic (exact) mass is 717 g/mol. The number of carbonyl (C=O) groups excluding carboxylic acids is 2. The number of carbonyl (C=O) groups is 3. The van der Waals surface area contributed by atoms with Gasteiger partial charge in [0.1, 0.15) is 5.69 Å². The van der Waals surface area contributed by atoms with Crippen molar-refractivity contribution in [1.29, 1.82) is 0 Å². The summed E-state index contributed by atoms with van der Waals surface area (Å²) >= 11 is 13.7. The number of aromatic nitrogens is 3. The van der Waals surface area contributed by atoms with Gasteiger partial charge in [0.2, 0.25) is 0 Å². The highest BCUT2D eigenvalue weighted by Gasteiger charge is 2.36. The topological polar surface area (TPSA) is 153 Å². The van der Waals surface area contributed by atoms with Gasteiger partial charge in [0.25, 0.3) is 11.8 Å². The van der Waals surface area contributed by atoms with E-state index in [1.807, 2.05) is 10.7 Å². The van der Waals surface area contributed by atoms with Crippen molar-refractivity contribution in [2.24, 2.45) is 5.92 Å². The van der Waals surface area contributed by atoms with E-state index < -0.39 is 17.8 Å². The number of nitrogens with one attached hydrogen (secondary N) is 2. The van der Waals surface area contributed by atoms with E-state index in [-0.39, 0.29) is 39.5 Å². The van der Waals surface area contributed by atoms with Crippen LogP contribution in [-0.2, 0) is 17.9 Å². The van der Waals surface area contributed by atoms with Crippen LogP contribution in [0.25, 0.3) is 11.1 Å². The molecule has 0 bridgehead atoms. The summed E-state index contributed by atoms with van der Waals surface area (Å²) in [7, 11) is 0. The molecule has 4 N–H and O–H groups in total. The maximum Gasteiger partial charge on any atom is 0.307 e. The van der Waals surface area contributed by atoms with Gasteiger partial charge in [0.05, 0.1) is 45.2 Å². The van der Waals surface area contributed by atoms with Gasteiger partial charge in [-0.2, -0.15) is 5.10 Å². The average Bonchev–Trinajstić information content (AvgIpc) is 3.87. The van der Waals surface area contributed by atoms with Crippen molar-refractivity contribution < 1.29 is 24.6 Å². The van der Waals surface area contributed by atoms with Crippen molar-refractivity contribution in [3.05, 3.63) is 93.5 Å². The molecule has 3 aliphatic heterocycles. The Hall–Kier alpha value is -4.33. The molecule has 260 valence electrons. The smallest absolute Gasteiger partial charge is 0.307 e. The minimum atomic E-state index is -0.774. The number of halogens is 2. The number of aliphatic hydroxyl groups is 1. The molecule has 0 saturated carbocycles. The molecular formula is C36H37Cl2N7O5. The Kier molecular flexibility index (Phi) is 9.89. The number of β-amino-alcohol motifs (C(OH)–C–C–N with tert-alkyl or cyclic N) is 1. The Labute approximate surface area is 299 Å². The molecule has 12 nitrogen and oxygen atoms in total. The molecule has 3 aliphatic rings. The predicted octanol–water partition coefficient (Wildman–Crippen LogP) is 5.56. The van der Waals surface area contributed by atoms with Crippen molar-refractivity contribution >= 4 is 52.4 Å². The van der Waals surface area contributed by atoms with Crippen molar-refractivity contribution in [3.8, 4) is 11.1 Å². The summed E-state index contributed by atoms with van der Waals surface area (Å²) in [5, 5.41) is 30.1. The van der Waals surface area contributed by atoms with E-state index in [1.54, 1.807) is 54.7 Å². The third-order valence-corrected chi connectivity index (χ3v) is 10.6. The number of carboxylic acids is 1. The number of amides is 2. The molecule has 2 amide bonds. The zero-order chi connectivity index (χ0) is 34.9. The summed E-state index contributed by atoms with van der Waals surface area (Å²) in [6.07, 6.45) is 4.49. The summed E-state index contributed by atoms with van der Waals surface area (Å²) in [6, 6.07) is 15.8. The number of anilines is 2. The molecule has 7 rings (SSSR count). The summed E-state index contributed by atoms with van der Waals surface area (Å²) in [5.41, 5.74) is 4.22. The molecule has 4 aromatic rings. The lowest BCUT2D eigenvalue weighted by Gasteiger charge is -2.31. The highest BCUT2D eigenvalue weighted by Crippen LogP contribution is 2.41. The first-order chi connectivity index (χ1) is 24.1. The molecule has 50 heavy (non-hydrogen) atoms. The van der Waals surface area contributed by atoms with Crippen molar-refractivity contribution in [2.75, 3.05) is 36.8 Å². The number of aryl methyl sites for hydroxylation is 1. The second kappa shape index (κ2) is 14.5. The summed E-state index contributed by atoms with van der Waals surface area (Å²) in [5.74, 6) is -2.00. The molecule has 3 atom stereocenters. The maximum absolute atomic E-state index is 13.5. The zero-order valence-corrected chi connectivity index (χ0v) is 28.7. The van der Waals surface area contributed by atoms with Gasteiger partial charge in [0, 0.05) is 50.0 Å². The minimum Gasteiger partial charge on any atom is -0.481 e. The lowest BCUT2D eigenvalue weighted by Crippen LogP contribution is -2.32. The molecule has 1 unspecified atom stereocenters. The first-order valence-corrected chi connectivity index (χ1v) is 17.5. The van der Waals surface area contributed by atoms with Gasteiger partial charge in [-0.15, -0.1) is 0 Å². The maximum atomic E-state index is 13.5. The van der Waals surface area contributed by atoms with Crippen LogP contribution >= 0.6 is 23.2 Å². The molecule has 0 spiro atoms. The van der Waals surface area contributed by atoms with E-state index >= 15 is 0 Å². The van der Waals surface area contributed by atoms with Crippen LogP contribution < -0.4 is 10.6 Å². The lowest BCUT2D eigenvalue weighted by molar-refractivity contribution is -0.141. The van der Waals surface area contributed by atoms with Crippen LogP contribution in [0.1, 0.15) is 64.0 Å². The van der Waals surface area contributed by atoms with Crippen LogP contribution in [0.4, 0.5) is 11.4 Å². The lowest BCUT2D eigenvalue weighted by atomic mass is 10.0. The molecule has 2 saturated heterocycles. The van der Waals surface area contributed by atoms with Crippen molar-refractivity contribution in [2.45, 2.75) is 50.9 Å². The zero-order valence-electron chi connectivity index (χ0n) is 27.2. The Morgan fingerprint density at radius 2 is 1.54 bits per heavy atom. The number of pyridine rings is 1. The largest absolute Gasteiger partial charge is 0.481 e. The molecule has 2 fully saturated rings. The SMILES string of the molecule is O=C(Nc1cccc(-c2cccc(NC(=O)c3cc4n(n3)CCCC4N3CC[C@@H](C(=O)O)C3)c2Cl)c1Cl)c1ccc(CN2CC[C@@H](O)C2)cn1. The van der Waals surface area contributed by atoms with E-state index in [2.05, 4.69) is 30.5 Å². The summed E-state index contributed by atoms with van der Waals surface area (Å²) in [4.78, 5) is 46.8. The minimum absolute atomic E-state index is 0.00902. The quantitative estimate of drug-likeness (QED) is 0.174. The number of fused-ring (bicyclic) bond motifs is 1. The molecule has 2 aromatic carbocycles. The Morgan fingerprint density at radius 3 is 2.14 bits per heavy atom. The van der Waals surface area contributed by atoms with E-state index in [9.17, 15) is 24.6 Å². The fourth-order valence-corrected chi connectivity index (χ4v) is 7.68. The van der Waals surface area contributed by atoms with Gasteiger partial charge >= 0.3 is 5.97 Å². The molecule has 0 aliphatic carbocycles. The van der Waals surface area contributed by atoms with Crippen LogP contribution in [0.15, 0.2) is 60.8 Å². The van der Waals surface area contributed by atoms with Crippen molar-refractivity contribution in [3.63, 3.8) is 0 Å². The normalized spacial score (nSPS) is 20.8. The predicted molar refractivity (Wildman–Crippen MR) is 189 cm³/mol. The van der Waals surface area contributed by atoms with Gasteiger partial charge in [0.15, 0.2) is 5.69 Å². The van der Waals surface area contributed by atoms with Crippen LogP contribution in [0.3, 0.4) is 0 Å². The fourth-order valence-electron chi connectivity index (χ4n) is 7.13. The Morgan fingerprint density at radius 1 is 0.840 bits per heavy atom. The third-order valence-electron chi connectivity index (χ3n) is 9.74.